The first kappa shape index (κ1) is 12.6. The molecule has 19 heavy (non-hydrogen) atoms. The lowest BCUT2D eigenvalue weighted by atomic mass is 10.1. The maximum absolute atomic E-state index is 11.9. The summed E-state index contributed by atoms with van der Waals surface area (Å²) in [7, 11) is 0. The van der Waals surface area contributed by atoms with Crippen molar-refractivity contribution in [3.05, 3.63) is 53.9 Å². The van der Waals surface area contributed by atoms with Gasteiger partial charge in [-0.3, -0.25) is 9.78 Å². The summed E-state index contributed by atoms with van der Waals surface area (Å²) >= 11 is 0. The van der Waals surface area contributed by atoms with Gasteiger partial charge in [0.25, 0.3) is 5.91 Å². The Bertz CT molecular complexity index is 640. The van der Waals surface area contributed by atoms with Gasteiger partial charge in [-0.05, 0) is 18.2 Å². The minimum absolute atomic E-state index is 0.0580. The van der Waals surface area contributed by atoms with Gasteiger partial charge in [0.05, 0.1) is 23.0 Å². The van der Waals surface area contributed by atoms with E-state index >= 15 is 0 Å². The number of aromatic nitrogens is 1. The van der Waals surface area contributed by atoms with E-state index in [9.17, 15) is 14.7 Å². The second kappa shape index (κ2) is 5.18. The topological polar surface area (TPSA) is 99.5 Å². The van der Waals surface area contributed by atoms with Gasteiger partial charge in [-0.2, -0.15) is 0 Å². The number of pyridine rings is 1. The predicted molar refractivity (Wildman–Crippen MR) is 67.3 cm³/mol. The summed E-state index contributed by atoms with van der Waals surface area (Å²) in [5.41, 5.74) is 0.0599. The lowest BCUT2D eigenvalue weighted by Gasteiger charge is -2.08. The minimum atomic E-state index is -1.17. The number of phenolic OH excluding ortho intramolecular Hbond substituents is 1. The third-order valence-electron chi connectivity index (χ3n) is 2.45. The molecule has 1 amide bonds. The van der Waals surface area contributed by atoms with Crippen LogP contribution in [0.15, 0.2) is 42.7 Å². The van der Waals surface area contributed by atoms with Crippen LogP contribution >= 0.6 is 0 Å². The van der Waals surface area contributed by atoms with Gasteiger partial charge in [0.15, 0.2) is 0 Å². The maximum Gasteiger partial charge on any atom is 0.337 e. The number of phenols is 1. The van der Waals surface area contributed by atoms with E-state index in [1.165, 1.54) is 30.6 Å². The highest BCUT2D eigenvalue weighted by Gasteiger charge is 2.15. The highest BCUT2D eigenvalue weighted by Crippen LogP contribution is 2.19. The molecule has 0 spiro atoms. The van der Waals surface area contributed by atoms with Gasteiger partial charge in [-0.1, -0.05) is 12.1 Å². The molecule has 0 saturated carbocycles. The summed E-state index contributed by atoms with van der Waals surface area (Å²) < 4.78 is 0. The fraction of sp³-hybridized carbons (Fsp3) is 0. The lowest BCUT2D eigenvalue weighted by Crippen LogP contribution is -2.15. The Balaban J connectivity index is 2.30. The number of amides is 1. The van der Waals surface area contributed by atoms with Gasteiger partial charge >= 0.3 is 5.97 Å². The maximum atomic E-state index is 11.9. The average Bonchev–Trinajstić information content (AvgIpc) is 2.39. The number of carboxylic acid groups (broad SMARTS) is 1. The molecule has 0 aliphatic carbocycles. The monoisotopic (exact) mass is 258 g/mol. The quantitative estimate of drug-likeness (QED) is 0.778. The number of nitrogens with one attached hydrogen (secondary N) is 1. The van der Waals surface area contributed by atoms with Crippen molar-refractivity contribution in [1.82, 2.24) is 4.98 Å². The number of para-hydroxylation sites is 1. The molecule has 0 atom stereocenters. The Hall–Kier alpha value is -2.89. The van der Waals surface area contributed by atoms with E-state index in [1.54, 1.807) is 12.1 Å². The first-order chi connectivity index (χ1) is 9.09. The molecule has 6 heteroatoms. The van der Waals surface area contributed by atoms with Gasteiger partial charge in [0, 0.05) is 6.20 Å². The van der Waals surface area contributed by atoms with E-state index in [0.29, 0.717) is 0 Å². The molecule has 2 rings (SSSR count). The van der Waals surface area contributed by atoms with Crippen LogP contribution in [0.2, 0.25) is 0 Å². The Morgan fingerprint density at radius 1 is 1.11 bits per heavy atom. The Morgan fingerprint density at radius 2 is 1.84 bits per heavy atom. The molecule has 0 saturated heterocycles. The molecule has 3 N–H and O–H groups in total. The van der Waals surface area contributed by atoms with Crippen molar-refractivity contribution in [3.63, 3.8) is 0 Å². The summed E-state index contributed by atoms with van der Waals surface area (Å²) in [5.74, 6) is -1.95. The van der Waals surface area contributed by atoms with Crippen LogP contribution < -0.4 is 5.32 Å². The molecule has 2 aromatic rings. The molecule has 0 fully saturated rings. The summed E-state index contributed by atoms with van der Waals surface area (Å²) in [6.07, 6.45) is 2.56. The first-order valence-electron chi connectivity index (χ1n) is 5.36. The average molecular weight is 258 g/mol. The van der Waals surface area contributed by atoms with Crippen molar-refractivity contribution >= 4 is 17.6 Å². The highest BCUT2D eigenvalue weighted by atomic mass is 16.4. The number of benzene rings is 1. The summed E-state index contributed by atoms with van der Waals surface area (Å²) in [6, 6.07) is 7.26. The summed E-state index contributed by atoms with van der Waals surface area (Å²) in [6.45, 7) is 0. The second-order valence-corrected chi connectivity index (χ2v) is 3.70. The molecule has 0 aliphatic rings. The number of carboxylic acids is 1. The number of hydrogen-bond donors (Lipinski definition) is 3. The molecule has 0 bridgehead atoms. The number of aromatic hydroxyl groups is 1. The zero-order valence-electron chi connectivity index (χ0n) is 9.70. The summed E-state index contributed by atoms with van der Waals surface area (Å²) in [4.78, 5) is 26.7. The third kappa shape index (κ3) is 2.68. The number of nitrogens with zero attached hydrogens (tertiary/aromatic N) is 1. The number of carbonyl (C=O) groups excluding carboxylic acids is 1. The van der Waals surface area contributed by atoms with E-state index in [-0.39, 0.29) is 22.6 Å². The van der Waals surface area contributed by atoms with Crippen LogP contribution in [-0.4, -0.2) is 27.1 Å². The van der Waals surface area contributed by atoms with Crippen LogP contribution in [0.1, 0.15) is 20.7 Å². The van der Waals surface area contributed by atoms with E-state index in [4.69, 9.17) is 5.11 Å². The molecule has 0 unspecified atom stereocenters. The van der Waals surface area contributed by atoms with Crippen molar-refractivity contribution < 1.29 is 19.8 Å². The zero-order valence-corrected chi connectivity index (χ0v) is 9.70. The van der Waals surface area contributed by atoms with Gasteiger partial charge in [0.2, 0.25) is 0 Å². The van der Waals surface area contributed by atoms with Crippen molar-refractivity contribution in [2.75, 3.05) is 5.32 Å². The number of carbonyl (C=O) groups is 2. The molecule has 1 aromatic heterocycles. The molecule has 1 aromatic carbocycles. The number of rotatable bonds is 3. The smallest absolute Gasteiger partial charge is 0.337 e. The van der Waals surface area contributed by atoms with Crippen molar-refractivity contribution in [2.45, 2.75) is 0 Å². The molecule has 6 nitrogen and oxygen atoms in total. The Kier molecular flexibility index (Phi) is 3.42. The molecule has 1 heterocycles. The lowest BCUT2D eigenvalue weighted by molar-refractivity contribution is 0.0698. The van der Waals surface area contributed by atoms with Crippen molar-refractivity contribution in [3.8, 4) is 5.75 Å². The second-order valence-electron chi connectivity index (χ2n) is 3.70. The Labute approximate surface area is 108 Å². The largest absolute Gasteiger partial charge is 0.507 e. The molecule has 0 aliphatic heterocycles. The van der Waals surface area contributed by atoms with E-state index in [1.807, 2.05) is 0 Å². The van der Waals surface area contributed by atoms with Crippen LogP contribution in [0.4, 0.5) is 5.69 Å². The zero-order chi connectivity index (χ0) is 13.8. The fourth-order valence-electron chi connectivity index (χ4n) is 1.54. The predicted octanol–water partition coefficient (Wildman–Crippen LogP) is 1.74. The molecule has 96 valence electrons. The van der Waals surface area contributed by atoms with Gasteiger partial charge in [-0.25, -0.2) is 4.79 Å². The SMILES string of the molecule is O=C(Nc1cnccc1C(=O)O)c1ccccc1O. The van der Waals surface area contributed by atoms with Crippen LogP contribution in [0.3, 0.4) is 0 Å². The standard InChI is InChI=1S/C13H10N2O4/c16-11-4-2-1-3-9(11)12(17)15-10-7-14-6-5-8(10)13(18)19/h1-7,16H,(H,15,17)(H,18,19). The summed E-state index contributed by atoms with van der Waals surface area (Å²) in [5, 5.41) is 20.9. The Morgan fingerprint density at radius 3 is 2.53 bits per heavy atom. The highest BCUT2D eigenvalue weighted by molar-refractivity contribution is 6.08. The van der Waals surface area contributed by atoms with Crippen LogP contribution in [0.25, 0.3) is 0 Å². The first-order valence-corrected chi connectivity index (χ1v) is 5.36. The fourth-order valence-corrected chi connectivity index (χ4v) is 1.54. The van der Waals surface area contributed by atoms with Gasteiger partial charge in [-0.15, -0.1) is 0 Å². The van der Waals surface area contributed by atoms with Crippen LogP contribution in [-0.2, 0) is 0 Å². The minimum Gasteiger partial charge on any atom is -0.507 e. The van der Waals surface area contributed by atoms with Crippen molar-refractivity contribution in [2.24, 2.45) is 0 Å². The van der Waals surface area contributed by atoms with E-state index in [0.717, 1.165) is 0 Å². The number of hydrogen-bond acceptors (Lipinski definition) is 4. The molecular weight excluding hydrogens is 248 g/mol. The van der Waals surface area contributed by atoms with Crippen LogP contribution in [0, 0.1) is 0 Å². The van der Waals surface area contributed by atoms with Crippen LogP contribution in [0.5, 0.6) is 5.75 Å². The van der Waals surface area contributed by atoms with Gasteiger partial charge in [0.1, 0.15) is 5.75 Å². The number of anilines is 1. The third-order valence-corrected chi connectivity index (χ3v) is 2.45. The van der Waals surface area contributed by atoms with Gasteiger partial charge < -0.3 is 15.5 Å². The molecular formula is C13H10N2O4. The van der Waals surface area contributed by atoms with Crippen molar-refractivity contribution in [1.29, 1.82) is 0 Å². The van der Waals surface area contributed by atoms with E-state index in [2.05, 4.69) is 10.3 Å². The molecule has 0 radical (unpaired) electrons. The normalized spacial score (nSPS) is 9.89. The van der Waals surface area contributed by atoms with E-state index < -0.39 is 11.9 Å². The number of aromatic carboxylic acids is 1.